The number of nitrogens with zero attached hydrogens (tertiary/aromatic N) is 2. The maximum atomic E-state index is 11.8. The molecule has 0 aliphatic heterocycles. The fourth-order valence-corrected chi connectivity index (χ4v) is 2.48. The van der Waals surface area contributed by atoms with Crippen molar-refractivity contribution < 1.29 is 4.79 Å². The molecule has 0 radical (unpaired) electrons. The predicted octanol–water partition coefficient (Wildman–Crippen LogP) is 1.56. The summed E-state index contributed by atoms with van der Waals surface area (Å²) in [5.74, 6) is 0.470. The molecule has 1 heterocycles. The molecule has 1 aliphatic carbocycles. The van der Waals surface area contributed by atoms with Gasteiger partial charge in [-0.25, -0.2) is 4.98 Å². The van der Waals surface area contributed by atoms with E-state index >= 15 is 0 Å². The van der Waals surface area contributed by atoms with Crippen LogP contribution < -0.4 is 5.32 Å². The first-order valence-electron chi connectivity index (χ1n) is 5.55. The quantitative estimate of drug-likeness (QED) is 0.817. The summed E-state index contributed by atoms with van der Waals surface area (Å²) >= 11 is 6.02. The standard InChI is InChI=1S/C11H16ClN3O/c1-15-7-13-6-10(15)11(16)14-5-8-2-3-9(12)4-8/h6-9H,2-5H2,1H3,(H,14,16). The van der Waals surface area contributed by atoms with Crippen molar-refractivity contribution in [3.63, 3.8) is 0 Å². The van der Waals surface area contributed by atoms with Crippen molar-refractivity contribution in [2.45, 2.75) is 24.6 Å². The van der Waals surface area contributed by atoms with Gasteiger partial charge >= 0.3 is 0 Å². The molecule has 1 amide bonds. The molecule has 1 aromatic rings. The molecule has 0 aromatic carbocycles. The first kappa shape index (κ1) is 11.5. The van der Waals surface area contributed by atoms with E-state index in [2.05, 4.69) is 10.3 Å². The number of aromatic nitrogens is 2. The molecule has 2 atom stereocenters. The zero-order chi connectivity index (χ0) is 11.5. The normalized spacial score (nSPS) is 24.6. The molecule has 0 spiro atoms. The van der Waals surface area contributed by atoms with Crippen LogP contribution in [-0.4, -0.2) is 27.4 Å². The zero-order valence-electron chi connectivity index (χ0n) is 9.32. The zero-order valence-corrected chi connectivity index (χ0v) is 10.1. The Morgan fingerprint density at radius 3 is 3.06 bits per heavy atom. The second-order valence-corrected chi connectivity index (χ2v) is 4.99. The van der Waals surface area contributed by atoms with Gasteiger partial charge in [-0.3, -0.25) is 4.79 Å². The molecule has 2 rings (SSSR count). The maximum Gasteiger partial charge on any atom is 0.269 e. The Kier molecular flexibility index (Phi) is 3.49. The van der Waals surface area contributed by atoms with Gasteiger partial charge in [-0.2, -0.15) is 0 Å². The van der Waals surface area contributed by atoms with Crippen LogP contribution in [0.1, 0.15) is 29.8 Å². The molecule has 1 N–H and O–H groups in total. The fourth-order valence-electron chi connectivity index (χ4n) is 2.10. The van der Waals surface area contributed by atoms with Crippen LogP contribution in [-0.2, 0) is 7.05 Å². The van der Waals surface area contributed by atoms with Gasteiger partial charge < -0.3 is 9.88 Å². The number of hydrogen-bond donors (Lipinski definition) is 1. The Morgan fingerprint density at radius 1 is 1.69 bits per heavy atom. The number of carbonyl (C=O) groups is 1. The Labute approximate surface area is 100.0 Å². The molecule has 0 bridgehead atoms. The summed E-state index contributed by atoms with van der Waals surface area (Å²) in [6, 6.07) is 0. The second kappa shape index (κ2) is 4.87. The Morgan fingerprint density at radius 2 is 2.50 bits per heavy atom. The highest BCUT2D eigenvalue weighted by atomic mass is 35.5. The number of amides is 1. The van der Waals surface area contributed by atoms with E-state index in [9.17, 15) is 4.79 Å². The van der Waals surface area contributed by atoms with Crippen LogP contribution in [0.3, 0.4) is 0 Å². The van der Waals surface area contributed by atoms with Crippen LogP contribution >= 0.6 is 11.6 Å². The summed E-state index contributed by atoms with van der Waals surface area (Å²) < 4.78 is 1.72. The largest absolute Gasteiger partial charge is 0.350 e. The van der Waals surface area contributed by atoms with Crippen molar-refractivity contribution in [2.24, 2.45) is 13.0 Å². The van der Waals surface area contributed by atoms with Crippen molar-refractivity contribution in [1.82, 2.24) is 14.9 Å². The monoisotopic (exact) mass is 241 g/mol. The van der Waals surface area contributed by atoms with Crippen LogP contribution in [0.25, 0.3) is 0 Å². The third-order valence-electron chi connectivity index (χ3n) is 3.08. The molecule has 88 valence electrons. The van der Waals surface area contributed by atoms with Gasteiger partial charge in [-0.15, -0.1) is 11.6 Å². The number of alkyl halides is 1. The number of aryl methyl sites for hydroxylation is 1. The molecule has 1 saturated carbocycles. The second-order valence-electron chi connectivity index (χ2n) is 4.38. The van der Waals surface area contributed by atoms with Gasteiger partial charge in [0.25, 0.3) is 5.91 Å². The lowest BCUT2D eigenvalue weighted by Gasteiger charge is -2.10. The van der Waals surface area contributed by atoms with E-state index in [0.29, 0.717) is 23.5 Å². The SMILES string of the molecule is Cn1cncc1C(=O)NCC1CCC(Cl)C1. The lowest BCUT2D eigenvalue weighted by atomic mass is 10.1. The third kappa shape index (κ3) is 2.55. The average molecular weight is 242 g/mol. The minimum absolute atomic E-state index is 0.0574. The molecule has 1 aliphatic rings. The van der Waals surface area contributed by atoms with Crippen LogP contribution in [0.2, 0.25) is 0 Å². The van der Waals surface area contributed by atoms with Gasteiger partial charge in [0, 0.05) is 19.0 Å². The molecular weight excluding hydrogens is 226 g/mol. The Hall–Kier alpha value is -1.03. The highest BCUT2D eigenvalue weighted by Crippen LogP contribution is 2.28. The van der Waals surface area contributed by atoms with E-state index in [-0.39, 0.29) is 5.91 Å². The van der Waals surface area contributed by atoms with Gasteiger partial charge in [0.15, 0.2) is 0 Å². The number of nitrogens with one attached hydrogen (secondary N) is 1. The third-order valence-corrected chi connectivity index (χ3v) is 3.47. The van der Waals surface area contributed by atoms with Crippen LogP contribution in [0, 0.1) is 5.92 Å². The predicted molar refractivity (Wildman–Crippen MR) is 62.5 cm³/mol. The Balaban J connectivity index is 1.82. The van der Waals surface area contributed by atoms with Gasteiger partial charge in [-0.05, 0) is 25.2 Å². The van der Waals surface area contributed by atoms with Crippen molar-refractivity contribution >= 4 is 17.5 Å². The summed E-state index contributed by atoms with van der Waals surface area (Å²) in [7, 11) is 1.81. The van der Waals surface area contributed by atoms with E-state index < -0.39 is 0 Å². The van der Waals surface area contributed by atoms with Crippen molar-refractivity contribution in [2.75, 3.05) is 6.54 Å². The Bertz CT molecular complexity index is 377. The minimum Gasteiger partial charge on any atom is -0.350 e. The van der Waals surface area contributed by atoms with Crippen molar-refractivity contribution in [1.29, 1.82) is 0 Å². The lowest BCUT2D eigenvalue weighted by Crippen LogP contribution is -2.29. The number of imidazole rings is 1. The van der Waals surface area contributed by atoms with E-state index in [1.54, 1.807) is 17.1 Å². The van der Waals surface area contributed by atoms with E-state index in [1.807, 2.05) is 7.05 Å². The van der Waals surface area contributed by atoms with Gasteiger partial charge in [0.1, 0.15) is 5.69 Å². The molecule has 1 fully saturated rings. The molecule has 1 aromatic heterocycles. The highest BCUT2D eigenvalue weighted by Gasteiger charge is 2.23. The molecule has 2 unspecified atom stereocenters. The smallest absolute Gasteiger partial charge is 0.269 e. The fraction of sp³-hybridized carbons (Fsp3) is 0.636. The summed E-state index contributed by atoms with van der Waals surface area (Å²) in [5.41, 5.74) is 0.598. The summed E-state index contributed by atoms with van der Waals surface area (Å²) in [5, 5.41) is 3.22. The van der Waals surface area contributed by atoms with E-state index in [1.165, 1.54) is 0 Å². The van der Waals surface area contributed by atoms with Crippen molar-refractivity contribution in [3.8, 4) is 0 Å². The maximum absolute atomic E-state index is 11.8. The van der Waals surface area contributed by atoms with Gasteiger partial charge in [0.05, 0.1) is 12.5 Å². The summed E-state index contributed by atoms with van der Waals surface area (Å²) in [6.07, 6.45) is 6.38. The van der Waals surface area contributed by atoms with Crippen LogP contribution in [0.15, 0.2) is 12.5 Å². The molecular formula is C11H16ClN3O. The van der Waals surface area contributed by atoms with Crippen LogP contribution in [0.5, 0.6) is 0 Å². The first-order valence-corrected chi connectivity index (χ1v) is 5.99. The van der Waals surface area contributed by atoms with Crippen molar-refractivity contribution in [3.05, 3.63) is 18.2 Å². The van der Waals surface area contributed by atoms with E-state index in [0.717, 1.165) is 19.3 Å². The van der Waals surface area contributed by atoms with E-state index in [4.69, 9.17) is 11.6 Å². The number of hydrogen-bond acceptors (Lipinski definition) is 2. The summed E-state index contributed by atoms with van der Waals surface area (Å²) in [6.45, 7) is 0.716. The molecule has 16 heavy (non-hydrogen) atoms. The highest BCUT2D eigenvalue weighted by molar-refractivity contribution is 6.20. The first-order chi connectivity index (χ1) is 7.66. The number of halogens is 1. The molecule has 4 nitrogen and oxygen atoms in total. The topological polar surface area (TPSA) is 46.9 Å². The lowest BCUT2D eigenvalue weighted by molar-refractivity contribution is 0.0939. The number of rotatable bonds is 3. The minimum atomic E-state index is -0.0574. The number of carbonyl (C=O) groups excluding carboxylic acids is 1. The molecule has 5 heteroatoms. The average Bonchev–Trinajstić information content (AvgIpc) is 2.84. The molecule has 0 saturated heterocycles. The van der Waals surface area contributed by atoms with Gasteiger partial charge in [-0.1, -0.05) is 0 Å². The van der Waals surface area contributed by atoms with Gasteiger partial charge in [0.2, 0.25) is 0 Å². The summed E-state index contributed by atoms with van der Waals surface area (Å²) in [4.78, 5) is 15.7. The van der Waals surface area contributed by atoms with Crippen LogP contribution in [0.4, 0.5) is 0 Å².